The Balaban J connectivity index is 2.02. The smallest absolute Gasteiger partial charge is 0.416 e. The van der Waals surface area contributed by atoms with E-state index in [1.54, 1.807) is 38.1 Å². The molecule has 0 fully saturated rings. The number of carbonyl (C=O) groups excluding carboxylic acids is 1. The van der Waals surface area contributed by atoms with Gasteiger partial charge in [-0.25, -0.2) is 0 Å². The van der Waals surface area contributed by atoms with Crippen LogP contribution < -0.4 is 10.8 Å². The van der Waals surface area contributed by atoms with E-state index in [0.717, 1.165) is 17.6 Å². The number of halogens is 3. The standard InChI is InChI=1S/C20H22BF3NO3/c1-18(2,27)19(3,4)28-21-15-8-10-16(11-9-15)25-17(26)13-6-5-7-14(12-13)20(22,23)24/h5-12,27H,1-4H3,(H,25,26)/p+1. The molecular weight excluding hydrogens is 370 g/mol. The molecule has 0 spiro atoms. The van der Waals surface area contributed by atoms with Crippen molar-refractivity contribution in [2.24, 2.45) is 0 Å². The zero-order chi connectivity index (χ0) is 21.2. The van der Waals surface area contributed by atoms with Crippen LogP contribution in [-0.2, 0) is 10.8 Å². The van der Waals surface area contributed by atoms with E-state index in [1.165, 1.54) is 19.6 Å². The van der Waals surface area contributed by atoms with Crippen LogP contribution in [0.5, 0.6) is 0 Å². The summed E-state index contributed by atoms with van der Waals surface area (Å²) in [5.41, 5.74) is -1.28. The molecule has 3 N–H and O–H groups in total. The molecule has 0 bridgehead atoms. The van der Waals surface area contributed by atoms with Gasteiger partial charge in [-0.15, -0.1) is 0 Å². The molecule has 2 rings (SSSR count). The van der Waals surface area contributed by atoms with Crippen LogP contribution in [0.3, 0.4) is 0 Å². The van der Waals surface area contributed by atoms with Gasteiger partial charge in [-0.3, -0.25) is 4.79 Å². The molecule has 0 heterocycles. The molecule has 1 radical (unpaired) electrons. The van der Waals surface area contributed by atoms with Crippen molar-refractivity contribution < 1.29 is 27.7 Å². The molecule has 0 aromatic heterocycles. The predicted octanol–water partition coefficient (Wildman–Crippen LogP) is 3.50. The first-order valence-electron chi connectivity index (χ1n) is 8.64. The Hall–Kier alpha value is -2.32. The summed E-state index contributed by atoms with van der Waals surface area (Å²) in [4.78, 5) is 12.2. The SMILES string of the molecule is CC(C)([OH2+])C(C)(C)O[B]c1ccc(NC(=O)c2cccc(C(F)(F)F)c2)cc1. The average molecular weight is 393 g/mol. The van der Waals surface area contributed by atoms with E-state index < -0.39 is 28.8 Å². The molecule has 28 heavy (non-hydrogen) atoms. The molecule has 0 aliphatic rings. The van der Waals surface area contributed by atoms with Crippen LogP contribution in [0.15, 0.2) is 48.5 Å². The third-order valence-electron chi connectivity index (χ3n) is 4.62. The van der Waals surface area contributed by atoms with E-state index in [4.69, 9.17) is 9.76 Å². The highest BCUT2D eigenvalue weighted by molar-refractivity contribution is 6.47. The van der Waals surface area contributed by atoms with Crippen molar-refractivity contribution in [3.63, 3.8) is 0 Å². The fourth-order valence-corrected chi connectivity index (χ4v) is 2.05. The second-order valence-corrected chi connectivity index (χ2v) is 7.53. The zero-order valence-electron chi connectivity index (χ0n) is 16.1. The normalized spacial score (nSPS) is 12.6. The zero-order valence-corrected chi connectivity index (χ0v) is 16.1. The lowest BCUT2D eigenvalue weighted by Gasteiger charge is -2.33. The molecule has 0 saturated heterocycles. The summed E-state index contributed by atoms with van der Waals surface area (Å²) in [7, 11) is 1.54. The predicted molar refractivity (Wildman–Crippen MR) is 104 cm³/mol. The molecule has 1 amide bonds. The van der Waals surface area contributed by atoms with Crippen LogP contribution in [0.1, 0.15) is 43.6 Å². The molecule has 2 aromatic rings. The third-order valence-corrected chi connectivity index (χ3v) is 4.62. The van der Waals surface area contributed by atoms with Crippen molar-refractivity contribution in [1.29, 1.82) is 0 Å². The van der Waals surface area contributed by atoms with E-state index >= 15 is 0 Å². The van der Waals surface area contributed by atoms with Crippen LogP contribution in [0.4, 0.5) is 18.9 Å². The van der Waals surface area contributed by atoms with E-state index in [0.29, 0.717) is 5.69 Å². The van der Waals surface area contributed by atoms with Gasteiger partial charge in [0, 0.05) is 25.1 Å². The van der Waals surface area contributed by atoms with Crippen LogP contribution in [0, 0.1) is 0 Å². The van der Waals surface area contributed by atoms with Crippen LogP contribution in [0.2, 0.25) is 0 Å². The fraction of sp³-hybridized carbons (Fsp3) is 0.350. The molecule has 0 unspecified atom stereocenters. The molecule has 4 nitrogen and oxygen atoms in total. The summed E-state index contributed by atoms with van der Waals surface area (Å²) >= 11 is 0. The minimum absolute atomic E-state index is 0.0757. The number of benzene rings is 2. The Kier molecular flexibility index (Phi) is 6.26. The summed E-state index contributed by atoms with van der Waals surface area (Å²) in [5, 5.41) is 10.7. The second kappa shape index (κ2) is 7.97. The number of amides is 1. The number of rotatable bonds is 6. The summed E-state index contributed by atoms with van der Waals surface area (Å²) in [6, 6.07) is 10.9. The quantitative estimate of drug-likeness (QED) is 0.603. The lowest BCUT2D eigenvalue weighted by atomic mass is 9.82. The van der Waals surface area contributed by atoms with Crippen molar-refractivity contribution in [2.75, 3.05) is 5.32 Å². The van der Waals surface area contributed by atoms with Gasteiger partial charge in [-0.1, -0.05) is 23.7 Å². The fourth-order valence-electron chi connectivity index (χ4n) is 2.05. The molecule has 8 heteroatoms. The lowest BCUT2D eigenvalue weighted by molar-refractivity contribution is -0.137. The maximum absolute atomic E-state index is 12.8. The van der Waals surface area contributed by atoms with Crippen LogP contribution in [-0.4, -0.2) is 29.7 Å². The van der Waals surface area contributed by atoms with Gasteiger partial charge in [-0.2, -0.15) is 13.2 Å². The molecule has 2 aromatic carbocycles. The van der Waals surface area contributed by atoms with Gasteiger partial charge >= 0.3 is 13.7 Å². The van der Waals surface area contributed by atoms with Gasteiger partial charge < -0.3 is 15.1 Å². The molecule has 0 atom stereocenters. The van der Waals surface area contributed by atoms with Crippen molar-refractivity contribution in [1.82, 2.24) is 0 Å². The highest BCUT2D eigenvalue weighted by Crippen LogP contribution is 2.29. The van der Waals surface area contributed by atoms with Gasteiger partial charge in [0.2, 0.25) is 0 Å². The van der Waals surface area contributed by atoms with Crippen LogP contribution in [0.25, 0.3) is 0 Å². The number of alkyl halides is 3. The monoisotopic (exact) mass is 393 g/mol. The maximum Gasteiger partial charge on any atom is 0.416 e. The first-order chi connectivity index (χ1) is 12.8. The number of hydrogen-bond donors (Lipinski definition) is 1. The summed E-state index contributed by atoms with van der Waals surface area (Å²) in [6.45, 7) is 7.15. The minimum atomic E-state index is -4.50. The Morgan fingerprint density at radius 1 is 1.04 bits per heavy atom. The highest BCUT2D eigenvalue weighted by atomic mass is 19.4. The Morgan fingerprint density at radius 3 is 2.18 bits per heavy atom. The van der Waals surface area contributed by atoms with E-state index in [-0.39, 0.29) is 5.56 Å². The Morgan fingerprint density at radius 2 is 1.64 bits per heavy atom. The molecule has 149 valence electrons. The second-order valence-electron chi connectivity index (χ2n) is 7.53. The first-order valence-corrected chi connectivity index (χ1v) is 8.64. The molecular formula is C20H23BF3NO3+. The number of carbonyl (C=O) groups is 1. The van der Waals surface area contributed by atoms with Crippen molar-refractivity contribution >= 4 is 24.5 Å². The lowest BCUT2D eigenvalue weighted by Crippen LogP contribution is -2.49. The molecule has 0 aliphatic heterocycles. The Labute approximate surface area is 163 Å². The van der Waals surface area contributed by atoms with Gasteiger partial charge in [0.15, 0.2) is 5.60 Å². The molecule has 0 aliphatic carbocycles. The van der Waals surface area contributed by atoms with E-state index in [2.05, 4.69) is 5.32 Å². The summed E-state index contributed by atoms with van der Waals surface area (Å²) < 4.78 is 44.0. The number of anilines is 1. The summed E-state index contributed by atoms with van der Waals surface area (Å²) in [6.07, 6.45) is -4.50. The van der Waals surface area contributed by atoms with E-state index in [1.807, 2.05) is 13.8 Å². The topological polar surface area (TPSA) is 61.2 Å². The Bertz CT molecular complexity index is 828. The number of hydrogen-bond acceptors (Lipinski definition) is 2. The van der Waals surface area contributed by atoms with Crippen molar-refractivity contribution in [2.45, 2.75) is 45.1 Å². The van der Waals surface area contributed by atoms with Crippen molar-refractivity contribution in [3.05, 3.63) is 59.7 Å². The van der Waals surface area contributed by atoms with Gasteiger partial charge in [0.25, 0.3) is 5.91 Å². The highest BCUT2D eigenvalue weighted by Gasteiger charge is 2.40. The van der Waals surface area contributed by atoms with Gasteiger partial charge in [0.05, 0.1) is 5.56 Å². The van der Waals surface area contributed by atoms with Crippen LogP contribution >= 0.6 is 0 Å². The van der Waals surface area contributed by atoms with Crippen molar-refractivity contribution in [3.8, 4) is 0 Å². The first kappa shape index (κ1) is 22.0. The average Bonchev–Trinajstić information content (AvgIpc) is 2.59. The van der Waals surface area contributed by atoms with Gasteiger partial charge in [-0.05, 0) is 44.2 Å². The maximum atomic E-state index is 12.8. The summed E-state index contributed by atoms with van der Waals surface area (Å²) in [5.74, 6) is -0.629. The number of nitrogens with one attached hydrogen (secondary N) is 1. The van der Waals surface area contributed by atoms with Gasteiger partial charge in [0.1, 0.15) is 5.60 Å². The minimum Gasteiger partial charge on any atom is -0.439 e. The molecule has 0 saturated carbocycles. The largest absolute Gasteiger partial charge is 0.439 e. The third kappa shape index (κ3) is 5.59. The van der Waals surface area contributed by atoms with E-state index in [9.17, 15) is 18.0 Å².